The SMILES string of the molecule is CCOC(=O)CN(C)C(=O)CCNC. The van der Waals surface area contributed by atoms with Crippen LogP contribution in [0.4, 0.5) is 0 Å². The fourth-order valence-electron chi connectivity index (χ4n) is 0.911. The van der Waals surface area contributed by atoms with E-state index in [0.29, 0.717) is 19.6 Å². The third kappa shape index (κ3) is 5.53. The number of carbonyl (C=O) groups is 2. The molecule has 1 amide bonds. The lowest BCUT2D eigenvalue weighted by Crippen LogP contribution is -2.34. The van der Waals surface area contributed by atoms with Crippen LogP contribution < -0.4 is 5.32 Å². The van der Waals surface area contributed by atoms with Crippen molar-refractivity contribution < 1.29 is 14.3 Å². The lowest BCUT2D eigenvalue weighted by atomic mass is 10.3. The summed E-state index contributed by atoms with van der Waals surface area (Å²) in [5.74, 6) is -0.430. The molecule has 0 aliphatic carbocycles. The van der Waals surface area contributed by atoms with Crippen molar-refractivity contribution in [2.24, 2.45) is 0 Å². The van der Waals surface area contributed by atoms with E-state index in [2.05, 4.69) is 5.32 Å². The van der Waals surface area contributed by atoms with E-state index in [9.17, 15) is 9.59 Å². The molecule has 0 aromatic heterocycles. The van der Waals surface area contributed by atoms with Crippen LogP contribution in [0.25, 0.3) is 0 Å². The highest BCUT2D eigenvalue weighted by molar-refractivity contribution is 5.81. The molecule has 0 aromatic carbocycles. The van der Waals surface area contributed by atoms with Gasteiger partial charge in [0.25, 0.3) is 0 Å². The van der Waals surface area contributed by atoms with E-state index in [1.165, 1.54) is 4.90 Å². The standard InChI is InChI=1S/C9H18N2O3/c1-4-14-9(13)7-11(3)8(12)5-6-10-2/h10H,4-7H2,1-3H3. The predicted octanol–water partition coefficient (Wildman–Crippen LogP) is -0.383. The largest absolute Gasteiger partial charge is 0.465 e. The minimum atomic E-state index is -0.368. The molecule has 0 radical (unpaired) electrons. The summed E-state index contributed by atoms with van der Waals surface area (Å²) in [6.07, 6.45) is 0.395. The maximum Gasteiger partial charge on any atom is 0.325 e. The topological polar surface area (TPSA) is 58.6 Å². The number of nitrogens with zero attached hydrogens (tertiary/aromatic N) is 1. The number of hydrogen-bond acceptors (Lipinski definition) is 4. The van der Waals surface area contributed by atoms with Crippen LogP contribution in [0, 0.1) is 0 Å². The number of carbonyl (C=O) groups excluding carboxylic acids is 2. The summed E-state index contributed by atoms with van der Waals surface area (Å²) < 4.78 is 4.72. The van der Waals surface area contributed by atoms with Gasteiger partial charge in [-0.15, -0.1) is 0 Å². The van der Waals surface area contributed by atoms with E-state index in [1.54, 1.807) is 21.0 Å². The van der Waals surface area contributed by atoms with Crippen LogP contribution in [-0.4, -0.2) is 50.6 Å². The summed E-state index contributed by atoms with van der Waals surface area (Å²) in [7, 11) is 3.37. The third-order valence-corrected chi connectivity index (χ3v) is 1.69. The Balaban J connectivity index is 3.76. The minimum Gasteiger partial charge on any atom is -0.465 e. The summed E-state index contributed by atoms with van der Waals surface area (Å²) in [6, 6.07) is 0. The molecule has 0 spiro atoms. The molecule has 0 bridgehead atoms. The molecule has 82 valence electrons. The second-order valence-corrected chi connectivity index (χ2v) is 2.91. The Kier molecular flexibility index (Phi) is 6.74. The van der Waals surface area contributed by atoms with E-state index in [4.69, 9.17) is 4.74 Å². The molecule has 0 unspecified atom stereocenters. The first-order chi connectivity index (χ1) is 6.61. The Labute approximate surface area is 84.4 Å². The first-order valence-corrected chi connectivity index (χ1v) is 4.66. The maximum absolute atomic E-state index is 11.3. The van der Waals surface area contributed by atoms with Gasteiger partial charge in [-0.05, 0) is 14.0 Å². The maximum atomic E-state index is 11.3. The van der Waals surface area contributed by atoms with Gasteiger partial charge in [0, 0.05) is 20.0 Å². The van der Waals surface area contributed by atoms with Crippen molar-refractivity contribution in [1.82, 2.24) is 10.2 Å². The zero-order valence-corrected chi connectivity index (χ0v) is 9.00. The molecule has 1 N–H and O–H groups in total. The van der Waals surface area contributed by atoms with Gasteiger partial charge in [0.1, 0.15) is 6.54 Å². The lowest BCUT2D eigenvalue weighted by molar-refractivity contribution is -0.148. The summed E-state index contributed by atoms with van der Waals surface area (Å²) in [6.45, 7) is 2.72. The average Bonchev–Trinajstić information content (AvgIpc) is 2.14. The number of nitrogens with one attached hydrogen (secondary N) is 1. The van der Waals surface area contributed by atoms with Gasteiger partial charge < -0.3 is 15.0 Å². The zero-order valence-electron chi connectivity index (χ0n) is 9.00. The molecule has 0 atom stereocenters. The quantitative estimate of drug-likeness (QED) is 0.596. The van der Waals surface area contributed by atoms with Crippen molar-refractivity contribution >= 4 is 11.9 Å². The molecule has 0 aliphatic rings. The van der Waals surface area contributed by atoms with Gasteiger partial charge in [-0.3, -0.25) is 9.59 Å². The molecule has 14 heavy (non-hydrogen) atoms. The van der Waals surface area contributed by atoms with Gasteiger partial charge in [0.15, 0.2) is 0 Å². The molecule has 0 aromatic rings. The Morgan fingerprint density at radius 3 is 2.57 bits per heavy atom. The number of ether oxygens (including phenoxy) is 1. The Hall–Kier alpha value is -1.10. The van der Waals surface area contributed by atoms with Crippen molar-refractivity contribution in [2.45, 2.75) is 13.3 Å². The van der Waals surface area contributed by atoms with Crippen LogP contribution >= 0.6 is 0 Å². The highest BCUT2D eigenvalue weighted by atomic mass is 16.5. The number of hydrogen-bond donors (Lipinski definition) is 1. The first-order valence-electron chi connectivity index (χ1n) is 4.66. The van der Waals surface area contributed by atoms with Gasteiger partial charge in [-0.1, -0.05) is 0 Å². The molecule has 5 heteroatoms. The van der Waals surface area contributed by atoms with Crippen molar-refractivity contribution in [3.8, 4) is 0 Å². The van der Waals surface area contributed by atoms with E-state index in [0.717, 1.165) is 0 Å². The Morgan fingerprint density at radius 2 is 2.07 bits per heavy atom. The Bertz CT molecular complexity index is 194. The molecule has 0 saturated heterocycles. The van der Waals surface area contributed by atoms with Crippen LogP contribution in [-0.2, 0) is 14.3 Å². The van der Waals surface area contributed by atoms with Crippen molar-refractivity contribution in [1.29, 1.82) is 0 Å². The van der Waals surface area contributed by atoms with Gasteiger partial charge in [0.2, 0.25) is 5.91 Å². The lowest BCUT2D eigenvalue weighted by Gasteiger charge is -2.15. The van der Waals surface area contributed by atoms with Crippen LogP contribution in [0.2, 0.25) is 0 Å². The number of rotatable bonds is 6. The van der Waals surface area contributed by atoms with Crippen LogP contribution in [0.1, 0.15) is 13.3 Å². The zero-order chi connectivity index (χ0) is 11.0. The molecular weight excluding hydrogens is 184 g/mol. The van der Waals surface area contributed by atoms with Crippen molar-refractivity contribution in [3.63, 3.8) is 0 Å². The molecule has 0 heterocycles. The van der Waals surface area contributed by atoms with E-state index < -0.39 is 0 Å². The van der Waals surface area contributed by atoms with Gasteiger partial charge >= 0.3 is 5.97 Å². The van der Waals surface area contributed by atoms with Crippen LogP contribution in [0.15, 0.2) is 0 Å². The fourth-order valence-corrected chi connectivity index (χ4v) is 0.911. The summed E-state index contributed by atoms with van der Waals surface area (Å²) in [4.78, 5) is 23.7. The average molecular weight is 202 g/mol. The van der Waals surface area contributed by atoms with Crippen LogP contribution in [0.5, 0.6) is 0 Å². The fraction of sp³-hybridized carbons (Fsp3) is 0.778. The molecule has 5 nitrogen and oxygen atoms in total. The van der Waals surface area contributed by atoms with E-state index in [-0.39, 0.29) is 18.4 Å². The molecule has 0 saturated carbocycles. The van der Waals surface area contributed by atoms with Gasteiger partial charge in [-0.2, -0.15) is 0 Å². The predicted molar refractivity (Wildman–Crippen MR) is 52.8 cm³/mol. The molecule has 0 fully saturated rings. The Morgan fingerprint density at radius 1 is 1.43 bits per heavy atom. The second kappa shape index (κ2) is 7.32. The number of amides is 1. The van der Waals surface area contributed by atoms with E-state index >= 15 is 0 Å². The summed E-state index contributed by atoms with van der Waals surface area (Å²) >= 11 is 0. The molecular formula is C9H18N2O3. The molecule has 0 rings (SSSR count). The monoisotopic (exact) mass is 202 g/mol. The smallest absolute Gasteiger partial charge is 0.325 e. The highest BCUT2D eigenvalue weighted by Gasteiger charge is 2.12. The normalized spacial score (nSPS) is 9.64. The third-order valence-electron chi connectivity index (χ3n) is 1.69. The number of likely N-dealkylation sites (N-methyl/N-ethyl adjacent to an activating group) is 1. The molecule has 0 aliphatic heterocycles. The second-order valence-electron chi connectivity index (χ2n) is 2.91. The van der Waals surface area contributed by atoms with Crippen LogP contribution in [0.3, 0.4) is 0 Å². The summed E-state index contributed by atoms with van der Waals surface area (Å²) in [5, 5.41) is 2.87. The van der Waals surface area contributed by atoms with Crippen molar-refractivity contribution in [3.05, 3.63) is 0 Å². The highest BCUT2D eigenvalue weighted by Crippen LogP contribution is 1.91. The van der Waals surface area contributed by atoms with Crippen molar-refractivity contribution in [2.75, 3.05) is 33.8 Å². The number of esters is 1. The summed E-state index contributed by atoms with van der Waals surface area (Å²) in [5.41, 5.74) is 0. The van der Waals surface area contributed by atoms with Gasteiger partial charge in [-0.25, -0.2) is 0 Å². The first kappa shape index (κ1) is 12.9. The van der Waals surface area contributed by atoms with E-state index in [1.807, 2.05) is 0 Å². The minimum absolute atomic E-state index is 0.0242. The van der Waals surface area contributed by atoms with Gasteiger partial charge in [0.05, 0.1) is 6.61 Å².